The highest BCUT2D eigenvalue weighted by molar-refractivity contribution is 5.91. The van der Waals surface area contributed by atoms with Gasteiger partial charge in [0.25, 0.3) is 0 Å². The van der Waals surface area contributed by atoms with Crippen LogP contribution in [0.25, 0.3) is 0 Å². The molecule has 1 unspecified atom stereocenters. The highest BCUT2D eigenvalue weighted by Crippen LogP contribution is 2.32. The number of hydrogen-bond acceptors (Lipinski definition) is 3. The van der Waals surface area contributed by atoms with Crippen LogP contribution < -0.4 is 5.32 Å². The van der Waals surface area contributed by atoms with Gasteiger partial charge in [-0.25, -0.2) is 4.79 Å². The van der Waals surface area contributed by atoms with Crippen molar-refractivity contribution in [2.75, 3.05) is 0 Å². The maximum atomic E-state index is 12.1. The Morgan fingerprint density at radius 1 is 1.33 bits per heavy atom. The van der Waals surface area contributed by atoms with Crippen molar-refractivity contribution < 1.29 is 14.3 Å². The number of carbonyl (C=O) groups excluding carboxylic acids is 2. The fourth-order valence-corrected chi connectivity index (χ4v) is 1.79. The molecule has 1 saturated carbocycles. The smallest absolute Gasteiger partial charge is 0.408 e. The number of ketones is 1. The molecular formula is C14H25NO3. The summed E-state index contributed by atoms with van der Waals surface area (Å²) >= 11 is 0. The van der Waals surface area contributed by atoms with E-state index in [0.717, 1.165) is 19.3 Å². The first-order valence-electron chi connectivity index (χ1n) is 6.78. The van der Waals surface area contributed by atoms with Crippen molar-refractivity contribution in [3.63, 3.8) is 0 Å². The van der Waals surface area contributed by atoms with Crippen LogP contribution in [0.15, 0.2) is 0 Å². The van der Waals surface area contributed by atoms with Crippen molar-refractivity contribution in [2.24, 2.45) is 11.8 Å². The Labute approximate surface area is 109 Å². The molecule has 18 heavy (non-hydrogen) atoms. The van der Waals surface area contributed by atoms with Gasteiger partial charge in [-0.2, -0.15) is 0 Å². The zero-order valence-corrected chi connectivity index (χ0v) is 12.1. The van der Waals surface area contributed by atoms with Gasteiger partial charge < -0.3 is 10.1 Å². The lowest BCUT2D eigenvalue weighted by atomic mass is 9.93. The molecular weight excluding hydrogens is 230 g/mol. The molecule has 4 heteroatoms. The lowest BCUT2D eigenvalue weighted by Gasteiger charge is -2.26. The van der Waals surface area contributed by atoms with E-state index in [1.165, 1.54) is 0 Å². The second-order valence-corrected chi connectivity index (χ2v) is 6.19. The third kappa shape index (κ3) is 4.67. The molecule has 2 atom stereocenters. The summed E-state index contributed by atoms with van der Waals surface area (Å²) in [6.45, 7) is 9.45. The molecule has 0 bridgehead atoms. The van der Waals surface area contributed by atoms with Crippen LogP contribution in [0.3, 0.4) is 0 Å². The largest absolute Gasteiger partial charge is 0.444 e. The monoisotopic (exact) mass is 255 g/mol. The molecule has 1 aliphatic carbocycles. The summed E-state index contributed by atoms with van der Waals surface area (Å²) in [5.74, 6) is 0.458. The maximum absolute atomic E-state index is 12.1. The molecule has 1 amide bonds. The van der Waals surface area contributed by atoms with Crippen molar-refractivity contribution in [1.29, 1.82) is 0 Å². The third-order valence-electron chi connectivity index (χ3n) is 3.17. The molecule has 0 aromatic rings. The second-order valence-electron chi connectivity index (χ2n) is 6.19. The predicted molar refractivity (Wildman–Crippen MR) is 70.3 cm³/mol. The predicted octanol–water partition coefficient (Wildman–Crippen LogP) is 2.90. The summed E-state index contributed by atoms with van der Waals surface area (Å²) in [7, 11) is 0. The van der Waals surface area contributed by atoms with Crippen LogP contribution in [0.4, 0.5) is 4.79 Å². The van der Waals surface area contributed by atoms with Gasteiger partial charge in [-0.05, 0) is 39.5 Å². The van der Waals surface area contributed by atoms with Crippen LogP contribution in [0, 0.1) is 11.8 Å². The van der Waals surface area contributed by atoms with Crippen LogP contribution in [0.1, 0.15) is 53.9 Å². The van der Waals surface area contributed by atoms with Gasteiger partial charge in [0, 0.05) is 5.92 Å². The maximum Gasteiger partial charge on any atom is 0.408 e. The number of alkyl carbamates (subject to hydrolysis) is 1. The molecule has 0 heterocycles. The minimum Gasteiger partial charge on any atom is -0.444 e. The van der Waals surface area contributed by atoms with E-state index in [1.807, 2.05) is 34.6 Å². The van der Waals surface area contributed by atoms with Crippen LogP contribution in [0.5, 0.6) is 0 Å². The lowest BCUT2D eigenvalue weighted by Crippen LogP contribution is -2.47. The lowest BCUT2D eigenvalue weighted by molar-refractivity contribution is -0.123. The number of carbonyl (C=O) groups is 2. The van der Waals surface area contributed by atoms with E-state index in [9.17, 15) is 9.59 Å². The summed E-state index contributed by atoms with van der Waals surface area (Å²) in [5.41, 5.74) is -0.535. The average molecular weight is 255 g/mol. The first-order chi connectivity index (χ1) is 8.24. The summed E-state index contributed by atoms with van der Waals surface area (Å²) in [6.07, 6.45) is 2.28. The topological polar surface area (TPSA) is 55.4 Å². The first-order valence-corrected chi connectivity index (χ1v) is 6.78. The van der Waals surface area contributed by atoms with Crippen LogP contribution in [-0.2, 0) is 9.53 Å². The Kier molecular flexibility index (Phi) is 4.77. The zero-order valence-electron chi connectivity index (χ0n) is 12.1. The second kappa shape index (κ2) is 5.72. The van der Waals surface area contributed by atoms with Crippen molar-refractivity contribution >= 4 is 11.9 Å². The number of amides is 1. The standard InChI is InChI=1S/C14H25NO3/c1-6-9(2)11(12(16)10-7-8-10)15-13(17)18-14(3,4)5/h9-11H,6-8H2,1-5H3,(H,15,17)/t9?,11-/m0/s1. The number of Topliss-reactive ketones (excluding diaryl/α,β-unsaturated/α-hetero) is 1. The van der Waals surface area contributed by atoms with E-state index in [1.54, 1.807) is 0 Å². The van der Waals surface area contributed by atoms with E-state index < -0.39 is 17.7 Å². The van der Waals surface area contributed by atoms with Crippen LogP contribution in [-0.4, -0.2) is 23.5 Å². The fourth-order valence-electron chi connectivity index (χ4n) is 1.79. The van der Waals surface area contributed by atoms with E-state index in [-0.39, 0.29) is 17.6 Å². The number of ether oxygens (including phenoxy) is 1. The molecule has 104 valence electrons. The van der Waals surface area contributed by atoms with Crippen molar-refractivity contribution in [3.05, 3.63) is 0 Å². The molecule has 1 N–H and O–H groups in total. The number of nitrogens with one attached hydrogen (secondary N) is 1. The fraction of sp³-hybridized carbons (Fsp3) is 0.857. The summed E-state index contributed by atoms with van der Waals surface area (Å²) in [4.78, 5) is 23.9. The van der Waals surface area contributed by atoms with Gasteiger partial charge in [-0.3, -0.25) is 4.79 Å². The minimum atomic E-state index is -0.535. The number of hydrogen-bond donors (Lipinski definition) is 1. The molecule has 0 aliphatic heterocycles. The van der Waals surface area contributed by atoms with Gasteiger partial charge in [0.1, 0.15) is 5.60 Å². The molecule has 1 aliphatic rings. The zero-order chi connectivity index (χ0) is 13.9. The highest BCUT2D eigenvalue weighted by atomic mass is 16.6. The Morgan fingerprint density at radius 2 is 1.89 bits per heavy atom. The summed E-state index contributed by atoms with van der Waals surface area (Å²) in [6, 6.07) is -0.405. The Hall–Kier alpha value is -1.06. The molecule has 0 aromatic heterocycles. The Balaban J connectivity index is 2.60. The normalized spacial score (nSPS) is 18.9. The highest BCUT2D eigenvalue weighted by Gasteiger charge is 2.38. The molecule has 4 nitrogen and oxygen atoms in total. The molecule has 1 rings (SSSR count). The molecule has 0 spiro atoms. The van der Waals surface area contributed by atoms with Gasteiger partial charge in [-0.1, -0.05) is 20.3 Å². The van der Waals surface area contributed by atoms with E-state index in [0.29, 0.717) is 0 Å². The summed E-state index contributed by atoms with van der Waals surface area (Å²) in [5, 5.41) is 2.73. The molecule has 0 radical (unpaired) electrons. The first kappa shape index (κ1) is 15.0. The van der Waals surface area contributed by atoms with Gasteiger partial charge in [0.2, 0.25) is 0 Å². The van der Waals surface area contributed by atoms with Crippen molar-refractivity contribution in [3.8, 4) is 0 Å². The Bertz CT molecular complexity index is 315. The van der Waals surface area contributed by atoms with E-state index in [4.69, 9.17) is 4.74 Å². The van der Waals surface area contributed by atoms with Crippen molar-refractivity contribution in [1.82, 2.24) is 5.32 Å². The molecule has 1 fully saturated rings. The van der Waals surface area contributed by atoms with Crippen molar-refractivity contribution in [2.45, 2.75) is 65.5 Å². The third-order valence-corrected chi connectivity index (χ3v) is 3.17. The van der Waals surface area contributed by atoms with E-state index in [2.05, 4.69) is 5.32 Å². The van der Waals surface area contributed by atoms with Crippen LogP contribution in [0.2, 0.25) is 0 Å². The van der Waals surface area contributed by atoms with E-state index >= 15 is 0 Å². The minimum absolute atomic E-state index is 0.144. The van der Waals surface area contributed by atoms with Gasteiger partial charge in [-0.15, -0.1) is 0 Å². The summed E-state index contributed by atoms with van der Waals surface area (Å²) < 4.78 is 5.21. The molecule has 0 saturated heterocycles. The van der Waals surface area contributed by atoms with Gasteiger partial charge in [0.15, 0.2) is 5.78 Å². The molecule has 0 aromatic carbocycles. The van der Waals surface area contributed by atoms with Crippen LogP contribution >= 0.6 is 0 Å². The number of rotatable bonds is 5. The van der Waals surface area contributed by atoms with Gasteiger partial charge >= 0.3 is 6.09 Å². The average Bonchev–Trinajstić information content (AvgIpc) is 3.05. The Morgan fingerprint density at radius 3 is 2.28 bits per heavy atom. The quantitative estimate of drug-likeness (QED) is 0.821. The SMILES string of the molecule is CCC(C)[C@H](NC(=O)OC(C)(C)C)C(=O)C1CC1. The van der Waals surface area contributed by atoms with Gasteiger partial charge in [0.05, 0.1) is 6.04 Å².